The molecule has 0 saturated heterocycles. The first-order chi connectivity index (χ1) is 14.6. The number of hydrogen-bond acceptors (Lipinski definition) is 4. The summed E-state index contributed by atoms with van der Waals surface area (Å²) in [7, 11) is 0. The van der Waals surface area contributed by atoms with Gasteiger partial charge in [0.15, 0.2) is 0 Å². The van der Waals surface area contributed by atoms with Crippen molar-refractivity contribution in [2.45, 2.75) is 95.7 Å². The van der Waals surface area contributed by atoms with Crippen molar-refractivity contribution < 1.29 is 24.2 Å². The number of aryl methyl sites for hydroxylation is 2. The van der Waals surface area contributed by atoms with Crippen LogP contribution in [-0.2, 0) is 33.6 Å². The molecule has 1 atom stereocenters. The van der Waals surface area contributed by atoms with E-state index in [1.54, 1.807) is 20.8 Å². The maximum Gasteiger partial charge on any atom is 0.408 e. The van der Waals surface area contributed by atoms with Crippen LogP contribution in [-0.4, -0.2) is 40.3 Å². The van der Waals surface area contributed by atoms with Crippen molar-refractivity contribution in [2.24, 2.45) is 0 Å². The average molecular weight is 431 g/mol. The lowest BCUT2D eigenvalue weighted by atomic mass is 9.89. The lowest BCUT2D eigenvalue weighted by Gasteiger charge is -2.31. The Kier molecular flexibility index (Phi) is 6.92. The van der Waals surface area contributed by atoms with E-state index in [1.807, 2.05) is 6.07 Å². The van der Waals surface area contributed by atoms with Crippen molar-refractivity contribution in [3.05, 3.63) is 34.9 Å². The van der Waals surface area contributed by atoms with Crippen LogP contribution < -0.4 is 10.6 Å². The Morgan fingerprint density at radius 2 is 1.71 bits per heavy atom. The highest BCUT2D eigenvalue weighted by Gasteiger charge is 2.44. The smallest absolute Gasteiger partial charge is 0.408 e. The van der Waals surface area contributed by atoms with Crippen LogP contribution in [0.15, 0.2) is 18.2 Å². The van der Waals surface area contributed by atoms with E-state index in [0.29, 0.717) is 12.8 Å². The fraction of sp³-hybridized carbons (Fsp3) is 0.625. The van der Waals surface area contributed by atoms with Gasteiger partial charge in [-0.15, -0.1) is 0 Å². The van der Waals surface area contributed by atoms with Gasteiger partial charge in [0.25, 0.3) is 0 Å². The van der Waals surface area contributed by atoms with Crippen LogP contribution in [0.25, 0.3) is 0 Å². The molecule has 170 valence electrons. The van der Waals surface area contributed by atoms with E-state index in [4.69, 9.17) is 4.74 Å². The molecule has 0 aromatic heterocycles. The molecule has 0 spiro atoms. The third kappa shape index (κ3) is 5.99. The van der Waals surface area contributed by atoms with Crippen LogP contribution in [0.2, 0.25) is 0 Å². The number of carboxylic acids is 1. The maximum atomic E-state index is 13.2. The monoisotopic (exact) mass is 430 g/mol. The number of hydrogen-bond donors (Lipinski definition) is 3. The minimum absolute atomic E-state index is 0.205. The van der Waals surface area contributed by atoms with E-state index in [9.17, 15) is 19.5 Å². The van der Waals surface area contributed by atoms with Gasteiger partial charge in [0.05, 0.1) is 0 Å². The summed E-state index contributed by atoms with van der Waals surface area (Å²) >= 11 is 0. The molecule has 7 nitrogen and oxygen atoms in total. The highest BCUT2D eigenvalue weighted by atomic mass is 16.6. The molecule has 1 unspecified atom stereocenters. The first kappa shape index (κ1) is 23.1. The van der Waals surface area contributed by atoms with Crippen LogP contribution in [0.3, 0.4) is 0 Å². The Bertz CT molecular complexity index is 837. The molecule has 0 heterocycles. The summed E-state index contributed by atoms with van der Waals surface area (Å²) in [4.78, 5) is 37.4. The van der Waals surface area contributed by atoms with Gasteiger partial charge in [0.1, 0.15) is 17.2 Å². The zero-order valence-corrected chi connectivity index (χ0v) is 18.8. The Morgan fingerprint density at radius 3 is 2.32 bits per heavy atom. The summed E-state index contributed by atoms with van der Waals surface area (Å²) in [6, 6.07) is 5.04. The molecule has 3 N–H and O–H groups in total. The number of fused-ring (bicyclic) bond motifs is 1. The number of amides is 2. The number of carbonyl (C=O) groups is 3. The second-order valence-corrected chi connectivity index (χ2v) is 9.79. The van der Waals surface area contributed by atoms with Gasteiger partial charge in [0.2, 0.25) is 5.91 Å². The van der Waals surface area contributed by atoms with E-state index < -0.39 is 35.2 Å². The summed E-state index contributed by atoms with van der Waals surface area (Å²) in [6.07, 6.45) is 6.44. The van der Waals surface area contributed by atoms with Crippen molar-refractivity contribution >= 4 is 18.0 Å². The summed E-state index contributed by atoms with van der Waals surface area (Å²) in [6.45, 7) is 5.27. The van der Waals surface area contributed by atoms with Crippen LogP contribution in [0.5, 0.6) is 0 Å². The van der Waals surface area contributed by atoms with Crippen LogP contribution >= 0.6 is 0 Å². The largest absolute Gasteiger partial charge is 0.480 e. The molecule has 0 aliphatic heterocycles. The Balaban J connectivity index is 1.71. The number of benzene rings is 1. The summed E-state index contributed by atoms with van der Waals surface area (Å²) in [5.41, 5.74) is 1.69. The number of nitrogens with one attached hydrogen (secondary N) is 2. The lowest BCUT2D eigenvalue weighted by molar-refractivity contribution is -0.142. The predicted octanol–water partition coefficient (Wildman–Crippen LogP) is 3.51. The van der Waals surface area contributed by atoms with Gasteiger partial charge in [-0.2, -0.15) is 0 Å². The van der Waals surface area contributed by atoms with Crippen molar-refractivity contribution in [3.63, 3.8) is 0 Å². The quantitative estimate of drug-likeness (QED) is 0.641. The normalized spacial score (nSPS) is 18.5. The third-order valence-corrected chi connectivity index (χ3v) is 6.09. The molecule has 2 amide bonds. The van der Waals surface area contributed by atoms with E-state index in [0.717, 1.165) is 37.7 Å². The summed E-state index contributed by atoms with van der Waals surface area (Å²) < 4.78 is 5.33. The minimum Gasteiger partial charge on any atom is -0.480 e. The van der Waals surface area contributed by atoms with Crippen molar-refractivity contribution in [1.29, 1.82) is 0 Å². The van der Waals surface area contributed by atoms with Crippen LogP contribution in [0.1, 0.15) is 76.0 Å². The molecule has 1 aromatic carbocycles. The predicted molar refractivity (Wildman–Crippen MR) is 117 cm³/mol. The van der Waals surface area contributed by atoms with Gasteiger partial charge in [0, 0.05) is 6.42 Å². The number of aliphatic carboxylic acids is 1. The standard InChI is InChI=1S/C24H34N2O5/c1-23(2,3)31-22(30)26-24(12-6-7-13-24)21(29)25-19(20(27)28)15-16-10-11-17-8-4-5-9-18(17)14-16/h10-11,14,19H,4-9,12-13,15H2,1-3H3,(H,25,29)(H,26,30)(H,27,28). The van der Waals surface area contributed by atoms with E-state index in [1.165, 1.54) is 17.5 Å². The first-order valence-corrected chi connectivity index (χ1v) is 11.2. The van der Waals surface area contributed by atoms with Crippen LogP contribution in [0.4, 0.5) is 4.79 Å². The summed E-state index contributed by atoms with van der Waals surface area (Å²) in [5, 5.41) is 15.2. The number of carbonyl (C=O) groups excluding carboxylic acids is 2. The molecular formula is C24H34N2O5. The van der Waals surface area contributed by atoms with Gasteiger partial charge in [-0.25, -0.2) is 9.59 Å². The van der Waals surface area contributed by atoms with Crippen molar-refractivity contribution in [1.82, 2.24) is 10.6 Å². The van der Waals surface area contributed by atoms with Gasteiger partial charge in [-0.1, -0.05) is 31.0 Å². The molecule has 1 fully saturated rings. The molecule has 7 heteroatoms. The van der Waals surface area contributed by atoms with E-state index >= 15 is 0 Å². The van der Waals surface area contributed by atoms with Gasteiger partial charge < -0.3 is 20.5 Å². The molecule has 2 aliphatic rings. The lowest BCUT2D eigenvalue weighted by Crippen LogP contribution is -2.60. The van der Waals surface area contributed by atoms with E-state index in [2.05, 4.69) is 22.8 Å². The average Bonchev–Trinajstić information content (AvgIpc) is 3.15. The number of carboxylic acid groups (broad SMARTS) is 1. The zero-order chi connectivity index (χ0) is 22.6. The zero-order valence-electron chi connectivity index (χ0n) is 18.8. The molecule has 3 rings (SSSR count). The molecule has 0 radical (unpaired) electrons. The molecule has 2 aliphatic carbocycles. The first-order valence-electron chi connectivity index (χ1n) is 11.2. The maximum absolute atomic E-state index is 13.2. The highest BCUT2D eigenvalue weighted by Crippen LogP contribution is 2.31. The summed E-state index contributed by atoms with van der Waals surface area (Å²) in [5.74, 6) is -1.54. The molecular weight excluding hydrogens is 396 g/mol. The number of rotatable bonds is 6. The van der Waals surface area contributed by atoms with Gasteiger partial charge in [-0.05, 0) is 76.0 Å². The Morgan fingerprint density at radius 1 is 1.06 bits per heavy atom. The fourth-order valence-corrected chi connectivity index (χ4v) is 4.53. The number of alkyl carbamates (subject to hydrolysis) is 1. The van der Waals surface area contributed by atoms with E-state index in [-0.39, 0.29) is 6.42 Å². The number of ether oxygens (including phenoxy) is 1. The molecule has 1 aromatic rings. The SMILES string of the molecule is CC(C)(C)OC(=O)NC1(C(=O)NC(Cc2ccc3c(c2)CCCC3)C(=O)O)CCCC1. The third-order valence-electron chi connectivity index (χ3n) is 6.09. The Hall–Kier alpha value is -2.57. The minimum atomic E-state index is -1.13. The highest BCUT2D eigenvalue weighted by molar-refractivity contribution is 5.93. The molecule has 1 saturated carbocycles. The van der Waals surface area contributed by atoms with Crippen molar-refractivity contribution in [3.8, 4) is 0 Å². The fourth-order valence-electron chi connectivity index (χ4n) is 4.53. The van der Waals surface area contributed by atoms with Gasteiger partial charge >= 0.3 is 12.1 Å². The molecule has 31 heavy (non-hydrogen) atoms. The van der Waals surface area contributed by atoms with Crippen LogP contribution in [0, 0.1) is 0 Å². The van der Waals surface area contributed by atoms with Gasteiger partial charge in [-0.3, -0.25) is 4.79 Å². The van der Waals surface area contributed by atoms with Crippen molar-refractivity contribution in [2.75, 3.05) is 0 Å². The molecule has 0 bridgehead atoms. The second kappa shape index (κ2) is 9.28. The topological polar surface area (TPSA) is 105 Å². The second-order valence-electron chi connectivity index (χ2n) is 9.79. The Labute approximate surface area is 183 Å².